The van der Waals surface area contributed by atoms with E-state index < -0.39 is 0 Å². The third kappa shape index (κ3) is 2.78. The summed E-state index contributed by atoms with van der Waals surface area (Å²) in [5, 5.41) is 2.03. The van der Waals surface area contributed by atoms with Crippen molar-refractivity contribution in [1.29, 1.82) is 0 Å². The average molecular weight is 279 g/mol. The number of aromatic nitrogens is 1. The first-order chi connectivity index (χ1) is 9.24. The summed E-state index contributed by atoms with van der Waals surface area (Å²) < 4.78 is 7.76. The molecule has 0 radical (unpaired) electrons. The summed E-state index contributed by atoms with van der Waals surface area (Å²) in [6.45, 7) is 8.08. The molecule has 1 saturated heterocycles. The quantitative estimate of drug-likeness (QED) is 0.859. The Hall–Kier alpha value is -1.03. The molecule has 1 aromatic heterocycles. The number of aryl methyl sites for hydroxylation is 1. The second kappa shape index (κ2) is 5.53. The molecule has 0 unspecified atom stereocenters. The Labute approximate surface area is 118 Å². The van der Waals surface area contributed by atoms with Crippen molar-refractivity contribution in [2.45, 2.75) is 13.5 Å². The normalized spacial score (nSPS) is 17.2. The van der Waals surface area contributed by atoms with Gasteiger partial charge in [-0.05, 0) is 31.2 Å². The minimum Gasteiger partial charge on any atom is -0.379 e. The largest absolute Gasteiger partial charge is 0.379 e. The van der Waals surface area contributed by atoms with Crippen LogP contribution < -0.4 is 0 Å². The molecule has 19 heavy (non-hydrogen) atoms. The van der Waals surface area contributed by atoms with Crippen molar-refractivity contribution in [1.82, 2.24) is 9.47 Å². The Morgan fingerprint density at radius 3 is 2.74 bits per heavy atom. The van der Waals surface area contributed by atoms with Crippen molar-refractivity contribution < 1.29 is 4.74 Å². The van der Waals surface area contributed by atoms with E-state index in [0.29, 0.717) is 0 Å². The van der Waals surface area contributed by atoms with Crippen molar-refractivity contribution >= 4 is 22.5 Å². The van der Waals surface area contributed by atoms with Crippen LogP contribution in [0.2, 0.25) is 5.02 Å². The van der Waals surface area contributed by atoms with Gasteiger partial charge in [-0.1, -0.05) is 11.6 Å². The Balaban J connectivity index is 1.78. The van der Waals surface area contributed by atoms with Crippen LogP contribution in [0, 0.1) is 6.92 Å². The van der Waals surface area contributed by atoms with Gasteiger partial charge in [0.25, 0.3) is 0 Å². The molecule has 1 aliphatic rings. The number of fused-ring (bicyclic) bond motifs is 1. The Morgan fingerprint density at radius 1 is 1.16 bits per heavy atom. The summed E-state index contributed by atoms with van der Waals surface area (Å²) in [6.07, 6.45) is 0. The average Bonchev–Trinajstić information content (AvgIpc) is 2.72. The van der Waals surface area contributed by atoms with Crippen LogP contribution in [0.1, 0.15) is 5.69 Å². The highest BCUT2D eigenvalue weighted by Crippen LogP contribution is 2.23. The van der Waals surface area contributed by atoms with Gasteiger partial charge in [-0.15, -0.1) is 0 Å². The van der Waals surface area contributed by atoms with Crippen molar-refractivity contribution in [3.8, 4) is 0 Å². The maximum Gasteiger partial charge on any atom is 0.0594 e. The third-order valence-electron chi connectivity index (χ3n) is 3.81. The first kappa shape index (κ1) is 13.0. The molecule has 1 aliphatic heterocycles. The highest BCUT2D eigenvalue weighted by molar-refractivity contribution is 6.31. The highest BCUT2D eigenvalue weighted by atomic mass is 35.5. The van der Waals surface area contributed by atoms with E-state index in [1.165, 1.54) is 16.6 Å². The summed E-state index contributed by atoms with van der Waals surface area (Å²) in [4.78, 5) is 2.46. The molecule has 0 bridgehead atoms. The second-order valence-electron chi connectivity index (χ2n) is 5.09. The predicted molar refractivity (Wildman–Crippen MR) is 78.9 cm³/mol. The number of ether oxygens (including phenoxy) is 1. The fraction of sp³-hybridized carbons (Fsp3) is 0.467. The Kier molecular flexibility index (Phi) is 3.78. The molecule has 4 heteroatoms. The summed E-state index contributed by atoms with van der Waals surface area (Å²) in [5.41, 5.74) is 2.57. The summed E-state index contributed by atoms with van der Waals surface area (Å²) >= 11 is 6.05. The second-order valence-corrected chi connectivity index (χ2v) is 5.53. The zero-order chi connectivity index (χ0) is 13.2. The van der Waals surface area contributed by atoms with E-state index in [2.05, 4.69) is 28.5 Å². The predicted octanol–water partition coefficient (Wildman–Crippen LogP) is 2.94. The van der Waals surface area contributed by atoms with Gasteiger partial charge >= 0.3 is 0 Å². The number of hydrogen-bond acceptors (Lipinski definition) is 2. The lowest BCUT2D eigenvalue weighted by Crippen LogP contribution is -2.38. The number of halogens is 1. The lowest BCUT2D eigenvalue weighted by molar-refractivity contribution is 0.0365. The van der Waals surface area contributed by atoms with Gasteiger partial charge in [0.15, 0.2) is 0 Å². The maximum absolute atomic E-state index is 6.05. The molecule has 0 atom stereocenters. The smallest absolute Gasteiger partial charge is 0.0594 e. The molecule has 2 heterocycles. The van der Waals surface area contributed by atoms with Crippen LogP contribution in [-0.4, -0.2) is 42.3 Å². The number of benzene rings is 1. The van der Waals surface area contributed by atoms with Crippen molar-refractivity contribution in [2.24, 2.45) is 0 Å². The minimum absolute atomic E-state index is 0.804. The molecule has 0 amide bonds. The van der Waals surface area contributed by atoms with Crippen molar-refractivity contribution in [2.75, 3.05) is 32.8 Å². The molecule has 2 aromatic rings. The standard InChI is InChI=1S/C15H19ClN2O/c1-12-10-13-11-14(16)2-3-15(13)18(12)5-4-17-6-8-19-9-7-17/h2-3,10-11H,4-9H2,1H3. The summed E-state index contributed by atoms with van der Waals surface area (Å²) in [6, 6.07) is 8.33. The molecular formula is C15H19ClN2O. The van der Waals surface area contributed by atoms with E-state index in [-0.39, 0.29) is 0 Å². The number of hydrogen-bond donors (Lipinski definition) is 0. The number of nitrogens with zero attached hydrogens (tertiary/aromatic N) is 2. The fourth-order valence-electron chi connectivity index (χ4n) is 2.74. The lowest BCUT2D eigenvalue weighted by Gasteiger charge is -2.27. The minimum atomic E-state index is 0.804. The van der Waals surface area contributed by atoms with Crippen LogP contribution in [0.15, 0.2) is 24.3 Å². The molecule has 0 N–H and O–H groups in total. The van der Waals surface area contributed by atoms with Gasteiger partial charge in [-0.3, -0.25) is 4.90 Å². The van der Waals surface area contributed by atoms with Gasteiger partial charge in [0, 0.05) is 47.8 Å². The highest BCUT2D eigenvalue weighted by Gasteiger charge is 2.11. The van der Waals surface area contributed by atoms with Gasteiger partial charge in [0.05, 0.1) is 13.2 Å². The first-order valence-electron chi connectivity index (χ1n) is 6.79. The van der Waals surface area contributed by atoms with Crippen LogP contribution in [0.3, 0.4) is 0 Å². The topological polar surface area (TPSA) is 17.4 Å². The Morgan fingerprint density at radius 2 is 1.95 bits per heavy atom. The van der Waals surface area contributed by atoms with E-state index in [9.17, 15) is 0 Å². The van der Waals surface area contributed by atoms with E-state index >= 15 is 0 Å². The van der Waals surface area contributed by atoms with Gasteiger partial charge in [0.1, 0.15) is 0 Å². The third-order valence-corrected chi connectivity index (χ3v) is 4.05. The van der Waals surface area contributed by atoms with Crippen LogP contribution in [0.25, 0.3) is 10.9 Å². The van der Waals surface area contributed by atoms with Gasteiger partial charge < -0.3 is 9.30 Å². The van der Waals surface area contributed by atoms with E-state index in [4.69, 9.17) is 16.3 Å². The summed E-state index contributed by atoms with van der Waals surface area (Å²) in [5.74, 6) is 0. The first-order valence-corrected chi connectivity index (χ1v) is 7.17. The summed E-state index contributed by atoms with van der Waals surface area (Å²) in [7, 11) is 0. The van der Waals surface area contributed by atoms with Crippen LogP contribution in [0.4, 0.5) is 0 Å². The van der Waals surface area contributed by atoms with Crippen LogP contribution >= 0.6 is 11.6 Å². The molecule has 1 aromatic carbocycles. The molecule has 3 rings (SSSR count). The molecule has 3 nitrogen and oxygen atoms in total. The van der Waals surface area contributed by atoms with E-state index in [1.807, 2.05) is 12.1 Å². The molecule has 1 fully saturated rings. The van der Waals surface area contributed by atoms with E-state index in [0.717, 1.165) is 44.4 Å². The zero-order valence-corrected chi connectivity index (χ0v) is 12.0. The monoisotopic (exact) mass is 278 g/mol. The van der Waals surface area contributed by atoms with Gasteiger partial charge in [-0.25, -0.2) is 0 Å². The molecule has 102 valence electrons. The van der Waals surface area contributed by atoms with Crippen molar-refractivity contribution in [3.05, 3.63) is 35.0 Å². The zero-order valence-electron chi connectivity index (χ0n) is 11.2. The van der Waals surface area contributed by atoms with Crippen LogP contribution in [-0.2, 0) is 11.3 Å². The molecule has 0 aliphatic carbocycles. The van der Waals surface area contributed by atoms with Gasteiger partial charge in [-0.2, -0.15) is 0 Å². The maximum atomic E-state index is 6.05. The van der Waals surface area contributed by atoms with Crippen LogP contribution in [0.5, 0.6) is 0 Å². The molecular weight excluding hydrogens is 260 g/mol. The number of rotatable bonds is 3. The van der Waals surface area contributed by atoms with Crippen molar-refractivity contribution in [3.63, 3.8) is 0 Å². The van der Waals surface area contributed by atoms with Gasteiger partial charge in [0.2, 0.25) is 0 Å². The lowest BCUT2D eigenvalue weighted by atomic mass is 10.2. The SMILES string of the molecule is Cc1cc2cc(Cl)ccc2n1CCN1CCOCC1. The molecule has 0 saturated carbocycles. The number of morpholine rings is 1. The fourth-order valence-corrected chi connectivity index (χ4v) is 2.92. The Bertz CT molecular complexity index is 573. The molecule has 0 spiro atoms. The van der Waals surface area contributed by atoms with E-state index in [1.54, 1.807) is 0 Å².